The zero-order valence-corrected chi connectivity index (χ0v) is 10.6. The summed E-state index contributed by atoms with van der Waals surface area (Å²) >= 11 is 0. The maximum atomic E-state index is 11.5. The van der Waals surface area contributed by atoms with Crippen LogP contribution < -0.4 is 0 Å². The van der Waals surface area contributed by atoms with Crippen molar-refractivity contribution in [3.05, 3.63) is 0 Å². The molecule has 0 aromatic rings. The van der Waals surface area contributed by atoms with Crippen molar-refractivity contribution in [2.75, 3.05) is 0 Å². The van der Waals surface area contributed by atoms with E-state index in [0.29, 0.717) is 5.92 Å². The normalized spacial score (nSPS) is 38.7. The first-order chi connectivity index (χ1) is 8.24. The Balaban J connectivity index is 1.62. The Morgan fingerprint density at radius 2 is 1.88 bits per heavy atom. The fraction of sp³-hybridized carbons (Fsp3) is 0.933. The number of carboxylic acid groups (broad SMARTS) is 1. The van der Waals surface area contributed by atoms with Crippen molar-refractivity contribution in [1.82, 2.24) is 0 Å². The summed E-state index contributed by atoms with van der Waals surface area (Å²) in [5.41, 5.74) is 0. The van der Waals surface area contributed by atoms with Gasteiger partial charge in [0.2, 0.25) is 0 Å². The van der Waals surface area contributed by atoms with Crippen LogP contribution in [0.1, 0.15) is 57.8 Å². The van der Waals surface area contributed by atoms with Crippen molar-refractivity contribution >= 4 is 5.97 Å². The zero-order valence-electron chi connectivity index (χ0n) is 10.6. The minimum Gasteiger partial charge on any atom is -0.481 e. The lowest BCUT2D eigenvalue weighted by Crippen LogP contribution is -2.26. The standard InChI is InChI=1S/C15H24O2/c16-15(17)14(11-3-1-2-4-11)9-13-8-10-5-6-12(13)7-10/h10-14H,1-9H2,(H,16,17). The van der Waals surface area contributed by atoms with Gasteiger partial charge >= 0.3 is 5.97 Å². The van der Waals surface area contributed by atoms with E-state index in [4.69, 9.17) is 0 Å². The van der Waals surface area contributed by atoms with E-state index in [1.165, 1.54) is 38.5 Å². The Kier molecular flexibility index (Phi) is 3.14. The molecule has 0 aromatic heterocycles. The second kappa shape index (κ2) is 4.62. The van der Waals surface area contributed by atoms with Crippen LogP contribution in [0.2, 0.25) is 0 Å². The molecule has 0 amide bonds. The first-order valence-corrected chi connectivity index (χ1v) is 7.47. The fourth-order valence-electron chi connectivity index (χ4n) is 4.85. The minimum absolute atomic E-state index is 0.0261. The van der Waals surface area contributed by atoms with E-state index in [9.17, 15) is 9.90 Å². The van der Waals surface area contributed by atoms with Crippen LogP contribution in [0, 0.1) is 29.6 Å². The molecule has 0 saturated heterocycles. The lowest BCUT2D eigenvalue weighted by molar-refractivity contribution is -0.144. The van der Waals surface area contributed by atoms with Gasteiger partial charge in [-0.05, 0) is 62.2 Å². The maximum Gasteiger partial charge on any atom is 0.306 e. The highest BCUT2D eigenvalue weighted by atomic mass is 16.4. The molecule has 2 heteroatoms. The van der Waals surface area contributed by atoms with E-state index in [2.05, 4.69) is 0 Å². The highest BCUT2D eigenvalue weighted by Crippen LogP contribution is 2.51. The molecule has 0 radical (unpaired) electrons. The summed E-state index contributed by atoms with van der Waals surface area (Å²) < 4.78 is 0. The number of hydrogen-bond donors (Lipinski definition) is 1. The predicted molar refractivity (Wildman–Crippen MR) is 66.6 cm³/mol. The summed E-state index contributed by atoms with van der Waals surface area (Å²) in [5.74, 6) is 2.52. The largest absolute Gasteiger partial charge is 0.481 e. The van der Waals surface area contributed by atoms with Crippen molar-refractivity contribution in [3.8, 4) is 0 Å². The average Bonchev–Trinajstić information content (AvgIpc) is 3.01. The Labute approximate surface area is 104 Å². The topological polar surface area (TPSA) is 37.3 Å². The summed E-state index contributed by atoms with van der Waals surface area (Å²) in [5, 5.41) is 9.46. The van der Waals surface area contributed by atoms with E-state index >= 15 is 0 Å². The highest BCUT2D eigenvalue weighted by Gasteiger charge is 2.42. The molecule has 0 aromatic carbocycles. The maximum absolute atomic E-state index is 11.5. The molecule has 2 bridgehead atoms. The molecule has 3 aliphatic rings. The summed E-state index contributed by atoms with van der Waals surface area (Å²) in [6.07, 6.45) is 11.4. The minimum atomic E-state index is -0.514. The zero-order chi connectivity index (χ0) is 11.8. The molecule has 2 nitrogen and oxygen atoms in total. The van der Waals surface area contributed by atoms with Gasteiger partial charge < -0.3 is 5.11 Å². The van der Waals surface area contributed by atoms with Crippen LogP contribution in [0.15, 0.2) is 0 Å². The van der Waals surface area contributed by atoms with Gasteiger partial charge in [-0.15, -0.1) is 0 Å². The van der Waals surface area contributed by atoms with Gasteiger partial charge in [-0.1, -0.05) is 19.3 Å². The van der Waals surface area contributed by atoms with E-state index in [1.807, 2.05) is 0 Å². The monoisotopic (exact) mass is 236 g/mol. The molecule has 3 saturated carbocycles. The van der Waals surface area contributed by atoms with Crippen LogP contribution in [0.3, 0.4) is 0 Å². The first-order valence-electron chi connectivity index (χ1n) is 7.47. The second-order valence-corrected chi connectivity index (χ2v) is 6.66. The molecule has 0 spiro atoms. The van der Waals surface area contributed by atoms with Gasteiger partial charge in [0.25, 0.3) is 0 Å². The molecule has 3 fully saturated rings. The van der Waals surface area contributed by atoms with Gasteiger partial charge in [-0.3, -0.25) is 4.79 Å². The number of fused-ring (bicyclic) bond motifs is 2. The Hall–Kier alpha value is -0.530. The molecule has 3 aliphatic carbocycles. The number of hydrogen-bond acceptors (Lipinski definition) is 1. The van der Waals surface area contributed by atoms with Crippen LogP contribution in [0.25, 0.3) is 0 Å². The molecule has 0 aliphatic heterocycles. The Morgan fingerprint density at radius 3 is 2.41 bits per heavy atom. The lowest BCUT2D eigenvalue weighted by atomic mass is 9.77. The third kappa shape index (κ3) is 2.23. The molecule has 96 valence electrons. The quantitative estimate of drug-likeness (QED) is 0.808. The molecule has 3 rings (SSSR count). The molecule has 1 N–H and O–H groups in total. The van der Waals surface area contributed by atoms with Crippen molar-refractivity contribution in [2.24, 2.45) is 29.6 Å². The summed E-state index contributed by atoms with van der Waals surface area (Å²) in [6, 6.07) is 0. The fourth-order valence-corrected chi connectivity index (χ4v) is 4.85. The number of aliphatic carboxylic acids is 1. The van der Waals surface area contributed by atoms with Gasteiger partial charge in [0.05, 0.1) is 5.92 Å². The van der Waals surface area contributed by atoms with E-state index in [-0.39, 0.29) is 5.92 Å². The van der Waals surface area contributed by atoms with Crippen molar-refractivity contribution in [3.63, 3.8) is 0 Å². The van der Waals surface area contributed by atoms with Gasteiger partial charge in [-0.25, -0.2) is 0 Å². The third-order valence-electron chi connectivity index (χ3n) is 5.73. The van der Waals surface area contributed by atoms with Gasteiger partial charge in [-0.2, -0.15) is 0 Å². The van der Waals surface area contributed by atoms with E-state index in [1.54, 1.807) is 0 Å². The number of rotatable bonds is 4. The molecular weight excluding hydrogens is 212 g/mol. The van der Waals surface area contributed by atoms with Crippen molar-refractivity contribution < 1.29 is 9.90 Å². The summed E-state index contributed by atoms with van der Waals surface area (Å²) in [4.78, 5) is 11.5. The van der Waals surface area contributed by atoms with Crippen LogP contribution in [0.5, 0.6) is 0 Å². The third-order valence-corrected chi connectivity index (χ3v) is 5.73. The van der Waals surface area contributed by atoms with Crippen LogP contribution in [0.4, 0.5) is 0 Å². The van der Waals surface area contributed by atoms with Crippen LogP contribution >= 0.6 is 0 Å². The van der Waals surface area contributed by atoms with Crippen molar-refractivity contribution in [2.45, 2.75) is 57.8 Å². The van der Waals surface area contributed by atoms with Gasteiger partial charge in [0, 0.05) is 0 Å². The summed E-state index contributed by atoms with van der Waals surface area (Å²) in [7, 11) is 0. The van der Waals surface area contributed by atoms with Crippen molar-refractivity contribution in [1.29, 1.82) is 0 Å². The highest BCUT2D eigenvalue weighted by molar-refractivity contribution is 5.70. The molecule has 0 heterocycles. The van der Waals surface area contributed by atoms with E-state index < -0.39 is 5.97 Å². The average molecular weight is 236 g/mol. The van der Waals surface area contributed by atoms with E-state index in [0.717, 1.165) is 37.0 Å². The molecular formula is C15H24O2. The molecule has 4 atom stereocenters. The smallest absolute Gasteiger partial charge is 0.306 e. The summed E-state index contributed by atoms with van der Waals surface area (Å²) in [6.45, 7) is 0. The Morgan fingerprint density at radius 1 is 1.12 bits per heavy atom. The van der Waals surface area contributed by atoms with Crippen LogP contribution in [-0.4, -0.2) is 11.1 Å². The molecule has 4 unspecified atom stereocenters. The number of carbonyl (C=O) groups is 1. The molecule has 17 heavy (non-hydrogen) atoms. The predicted octanol–water partition coefficient (Wildman–Crippen LogP) is 3.70. The van der Waals surface area contributed by atoms with Crippen LogP contribution in [-0.2, 0) is 4.79 Å². The van der Waals surface area contributed by atoms with Gasteiger partial charge in [0.1, 0.15) is 0 Å². The first kappa shape index (κ1) is 11.6. The SMILES string of the molecule is O=C(O)C(CC1CC2CCC1C2)C1CCCC1. The second-order valence-electron chi connectivity index (χ2n) is 6.66. The Bertz CT molecular complexity index is 293. The lowest BCUT2D eigenvalue weighted by Gasteiger charge is -2.27. The number of carboxylic acids is 1. The van der Waals surface area contributed by atoms with Gasteiger partial charge in [0.15, 0.2) is 0 Å².